The van der Waals surface area contributed by atoms with Crippen LogP contribution in [0.2, 0.25) is 0 Å². The molecule has 0 bridgehead atoms. The maximum atomic E-state index is 13.2. The van der Waals surface area contributed by atoms with E-state index in [4.69, 9.17) is 4.74 Å². The minimum absolute atomic E-state index is 0.134. The van der Waals surface area contributed by atoms with E-state index < -0.39 is 53.1 Å². The number of aliphatic hydroxyl groups is 1. The minimum Gasteiger partial charge on any atom is -0.478 e. The van der Waals surface area contributed by atoms with Gasteiger partial charge in [0.15, 0.2) is 6.10 Å². The second-order valence-electron chi connectivity index (χ2n) is 6.77. The van der Waals surface area contributed by atoms with E-state index >= 15 is 0 Å². The third-order valence-electron chi connectivity index (χ3n) is 3.98. The molecule has 1 amide bonds. The van der Waals surface area contributed by atoms with Gasteiger partial charge >= 0.3 is 18.1 Å². The zero-order chi connectivity index (χ0) is 22.1. The van der Waals surface area contributed by atoms with Gasteiger partial charge in [-0.3, -0.25) is 14.5 Å². The summed E-state index contributed by atoms with van der Waals surface area (Å²) in [6.07, 6.45) is -8.44. The van der Waals surface area contributed by atoms with Crippen LogP contribution in [0.3, 0.4) is 0 Å². The summed E-state index contributed by atoms with van der Waals surface area (Å²) in [5, 5.41) is 19.3. The van der Waals surface area contributed by atoms with Crippen LogP contribution in [-0.2, 0) is 35.6 Å². The Labute approximate surface area is 163 Å². The first kappa shape index (κ1) is 22.6. The topological polar surface area (TPSA) is 126 Å². The van der Waals surface area contributed by atoms with Gasteiger partial charge in [-0.15, -0.1) is 0 Å². The quantitative estimate of drug-likeness (QED) is 0.678. The van der Waals surface area contributed by atoms with E-state index in [1.807, 2.05) is 0 Å². The van der Waals surface area contributed by atoms with Crippen molar-refractivity contribution in [2.45, 2.75) is 44.8 Å². The molecule has 2 atom stereocenters. The number of anilines is 1. The number of ether oxygens (including phenoxy) is 2. The molecule has 2 N–H and O–H groups in total. The fourth-order valence-corrected chi connectivity index (χ4v) is 2.77. The average molecular weight is 420 g/mol. The molecule has 0 radical (unpaired) electrons. The number of amides is 1. The maximum Gasteiger partial charge on any atom is 0.418 e. The number of aromatic nitrogens is 1. The minimum atomic E-state index is -4.79. The van der Waals surface area contributed by atoms with Gasteiger partial charge in [-0.25, -0.2) is 9.78 Å². The number of aliphatic carboxylic acids is 1. The predicted molar refractivity (Wildman–Crippen MR) is 89.8 cm³/mol. The van der Waals surface area contributed by atoms with Crippen LogP contribution in [0.4, 0.5) is 19.0 Å². The van der Waals surface area contributed by atoms with Crippen molar-refractivity contribution in [2.24, 2.45) is 0 Å². The van der Waals surface area contributed by atoms with Crippen LogP contribution in [0.1, 0.15) is 32.0 Å². The third-order valence-corrected chi connectivity index (χ3v) is 3.98. The van der Waals surface area contributed by atoms with Gasteiger partial charge in [0, 0.05) is 6.92 Å². The zero-order valence-electron chi connectivity index (χ0n) is 15.7. The SMILES string of the molecule is CC(=O)OC(C(=O)O)C1OCCN(c2ccc(C(F)(F)F)c(C(C)(C)O)n2)C1=O. The fourth-order valence-electron chi connectivity index (χ4n) is 2.77. The molecule has 0 spiro atoms. The smallest absolute Gasteiger partial charge is 0.418 e. The molecule has 0 saturated carbocycles. The van der Waals surface area contributed by atoms with E-state index in [-0.39, 0.29) is 19.0 Å². The number of rotatable bonds is 5. The van der Waals surface area contributed by atoms with Crippen LogP contribution in [-0.4, -0.2) is 58.4 Å². The number of carboxylic acid groups (broad SMARTS) is 1. The third kappa shape index (κ3) is 5.01. The molecule has 0 aliphatic carbocycles. The molecule has 1 aliphatic heterocycles. The molecule has 2 rings (SSSR count). The molecular weight excluding hydrogens is 401 g/mol. The highest BCUT2D eigenvalue weighted by molar-refractivity contribution is 6.00. The Kier molecular flexibility index (Phi) is 6.18. The molecule has 1 fully saturated rings. The van der Waals surface area contributed by atoms with E-state index in [9.17, 15) is 37.8 Å². The molecule has 1 saturated heterocycles. The van der Waals surface area contributed by atoms with E-state index in [0.29, 0.717) is 6.07 Å². The Morgan fingerprint density at radius 1 is 1.34 bits per heavy atom. The largest absolute Gasteiger partial charge is 0.478 e. The lowest BCUT2D eigenvalue weighted by atomic mass is 9.98. The van der Waals surface area contributed by atoms with Crippen LogP contribution in [0.25, 0.3) is 0 Å². The molecular formula is C17H19F3N2O7. The average Bonchev–Trinajstić information content (AvgIpc) is 2.58. The van der Waals surface area contributed by atoms with Crippen molar-refractivity contribution >= 4 is 23.7 Å². The number of morpholine rings is 1. The van der Waals surface area contributed by atoms with Gasteiger partial charge in [0.25, 0.3) is 5.91 Å². The molecule has 9 nitrogen and oxygen atoms in total. The van der Waals surface area contributed by atoms with Crippen LogP contribution < -0.4 is 4.90 Å². The number of nitrogens with zero attached hydrogens (tertiary/aromatic N) is 2. The Hall–Kier alpha value is -2.73. The summed E-state index contributed by atoms with van der Waals surface area (Å²) in [6, 6.07) is 1.61. The lowest BCUT2D eigenvalue weighted by molar-refractivity contribution is -0.177. The number of hydrogen-bond donors (Lipinski definition) is 2. The summed E-state index contributed by atoms with van der Waals surface area (Å²) in [5.74, 6) is -3.78. The first-order chi connectivity index (χ1) is 13.2. The molecule has 12 heteroatoms. The van der Waals surface area contributed by atoms with Crippen LogP contribution in [0.15, 0.2) is 12.1 Å². The van der Waals surface area contributed by atoms with Crippen molar-refractivity contribution < 1.29 is 47.2 Å². The van der Waals surface area contributed by atoms with Crippen molar-refractivity contribution in [2.75, 3.05) is 18.1 Å². The number of esters is 1. The molecule has 2 heterocycles. The number of halogens is 3. The highest BCUT2D eigenvalue weighted by Crippen LogP contribution is 2.37. The van der Waals surface area contributed by atoms with E-state index in [2.05, 4.69) is 9.72 Å². The lowest BCUT2D eigenvalue weighted by Gasteiger charge is -2.34. The monoisotopic (exact) mass is 420 g/mol. The second kappa shape index (κ2) is 7.95. The van der Waals surface area contributed by atoms with Crippen LogP contribution in [0, 0.1) is 0 Å². The summed E-state index contributed by atoms with van der Waals surface area (Å²) < 4.78 is 49.5. The van der Waals surface area contributed by atoms with Crippen LogP contribution in [0.5, 0.6) is 0 Å². The number of hydrogen-bond acceptors (Lipinski definition) is 7. The number of carbonyl (C=O) groups excluding carboxylic acids is 2. The summed E-state index contributed by atoms with van der Waals surface area (Å²) in [4.78, 5) is 39.9. The molecule has 2 unspecified atom stereocenters. The summed E-state index contributed by atoms with van der Waals surface area (Å²) in [5.41, 5.74) is -3.85. The summed E-state index contributed by atoms with van der Waals surface area (Å²) >= 11 is 0. The lowest BCUT2D eigenvalue weighted by Crippen LogP contribution is -2.56. The fraction of sp³-hybridized carbons (Fsp3) is 0.529. The summed E-state index contributed by atoms with van der Waals surface area (Å²) in [6.45, 7) is 2.86. The highest BCUT2D eigenvalue weighted by Gasteiger charge is 2.44. The Morgan fingerprint density at radius 2 is 1.97 bits per heavy atom. The van der Waals surface area contributed by atoms with Crippen molar-refractivity contribution in [3.63, 3.8) is 0 Å². The molecule has 1 aromatic rings. The number of carbonyl (C=O) groups is 3. The molecule has 160 valence electrons. The molecule has 29 heavy (non-hydrogen) atoms. The van der Waals surface area contributed by atoms with Gasteiger partial charge in [0.2, 0.25) is 6.10 Å². The number of pyridine rings is 1. The molecule has 1 aliphatic rings. The second-order valence-corrected chi connectivity index (χ2v) is 6.77. The molecule has 0 aromatic carbocycles. The highest BCUT2D eigenvalue weighted by atomic mass is 19.4. The molecule has 1 aromatic heterocycles. The van der Waals surface area contributed by atoms with Gasteiger partial charge in [-0.1, -0.05) is 0 Å². The van der Waals surface area contributed by atoms with Crippen molar-refractivity contribution in [3.8, 4) is 0 Å². The first-order valence-electron chi connectivity index (χ1n) is 8.37. The zero-order valence-corrected chi connectivity index (χ0v) is 15.7. The standard InChI is InChI=1S/C17H19F3N2O7/c1-8(23)29-12(15(25)26)11-14(24)22(6-7-28-11)10-5-4-9(17(18,19)20)13(21-10)16(2,3)27/h4-5,11-12,27H,6-7H2,1-3H3,(H,25,26). The predicted octanol–water partition coefficient (Wildman–Crippen LogP) is 1.08. The van der Waals surface area contributed by atoms with Gasteiger partial charge in [0.1, 0.15) is 11.4 Å². The van der Waals surface area contributed by atoms with Gasteiger partial charge in [-0.05, 0) is 26.0 Å². The Balaban J connectivity index is 2.45. The number of alkyl halides is 3. The van der Waals surface area contributed by atoms with Crippen molar-refractivity contribution in [3.05, 3.63) is 23.4 Å². The van der Waals surface area contributed by atoms with E-state index in [1.165, 1.54) is 0 Å². The first-order valence-corrected chi connectivity index (χ1v) is 8.37. The van der Waals surface area contributed by atoms with Crippen molar-refractivity contribution in [1.82, 2.24) is 4.98 Å². The van der Waals surface area contributed by atoms with Gasteiger partial charge < -0.3 is 19.7 Å². The maximum absolute atomic E-state index is 13.2. The normalized spacial score (nSPS) is 19.1. The van der Waals surface area contributed by atoms with Gasteiger partial charge in [0.05, 0.1) is 24.4 Å². The van der Waals surface area contributed by atoms with Crippen molar-refractivity contribution in [1.29, 1.82) is 0 Å². The van der Waals surface area contributed by atoms with Gasteiger partial charge in [-0.2, -0.15) is 13.2 Å². The van der Waals surface area contributed by atoms with Crippen LogP contribution >= 0.6 is 0 Å². The van der Waals surface area contributed by atoms with E-state index in [1.54, 1.807) is 0 Å². The van der Waals surface area contributed by atoms with E-state index in [0.717, 1.165) is 31.7 Å². The summed E-state index contributed by atoms with van der Waals surface area (Å²) in [7, 11) is 0. The Morgan fingerprint density at radius 3 is 2.45 bits per heavy atom. The number of carboxylic acids is 1. The Bertz CT molecular complexity index is 820.